The van der Waals surface area contributed by atoms with Crippen LogP contribution < -0.4 is 5.73 Å². The van der Waals surface area contributed by atoms with E-state index in [0.717, 1.165) is 0 Å². The second kappa shape index (κ2) is 3.82. The number of pyridine rings is 1. The van der Waals surface area contributed by atoms with E-state index >= 15 is 0 Å². The summed E-state index contributed by atoms with van der Waals surface area (Å²) in [5.74, 6) is -0.456. The van der Waals surface area contributed by atoms with Gasteiger partial charge in [0, 0.05) is 12.4 Å². The molecule has 1 heterocycles. The van der Waals surface area contributed by atoms with Crippen LogP contribution in [0.3, 0.4) is 0 Å². The number of esters is 1. The van der Waals surface area contributed by atoms with E-state index in [9.17, 15) is 4.79 Å². The first-order valence-electron chi connectivity index (χ1n) is 3.49. The van der Waals surface area contributed by atoms with E-state index in [-0.39, 0.29) is 0 Å². The predicted octanol–water partition coefficient (Wildman–Crippen LogP) is 0.254. The number of nitrogens with zero attached hydrogens (tertiary/aromatic N) is 1. The Labute approximate surface area is 70.4 Å². The lowest BCUT2D eigenvalue weighted by molar-refractivity contribution is -0.142. The van der Waals surface area contributed by atoms with Crippen LogP contribution in [0.25, 0.3) is 0 Å². The molecule has 1 aromatic rings. The van der Waals surface area contributed by atoms with Gasteiger partial charge < -0.3 is 10.5 Å². The maximum atomic E-state index is 10.9. The average molecular weight is 166 g/mol. The third-order valence-corrected chi connectivity index (χ3v) is 1.50. The van der Waals surface area contributed by atoms with Gasteiger partial charge >= 0.3 is 5.97 Å². The van der Waals surface area contributed by atoms with E-state index in [1.807, 2.05) is 0 Å². The Morgan fingerprint density at radius 3 is 3.00 bits per heavy atom. The van der Waals surface area contributed by atoms with Crippen molar-refractivity contribution >= 4 is 5.97 Å². The minimum absolute atomic E-state index is 0.456. The molecule has 0 aromatic carbocycles. The van der Waals surface area contributed by atoms with E-state index in [4.69, 9.17) is 5.73 Å². The van der Waals surface area contributed by atoms with Crippen molar-refractivity contribution in [2.45, 2.75) is 6.04 Å². The van der Waals surface area contributed by atoms with Crippen LogP contribution in [0.1, 0.15) is 11.6 Å². The molecule has 0 aliphatic heterocycles. The molecular weight excluding hydrogens is 156 g/mol. The van der Waals surface area contributed by atoms with Gasteiger partial charge in [0.05, 0.1) is 7.11 Å². The lowest BCUT2D eigenvalue weighted by Crippen LogP contribution is -2.22. The van der Waals surface area contributed by atoms with E-state index in [1.165, 1.54) is 7.11 Å². The predicted molar refractivity (Wildman–Crippen MR) is 43.2 cm³/mol. The molecule has 0 spiro atoms. The molecule has 4 heteroatoms. The highest BCUT2D eigenvalue weighted by molar-refractivity contribution is 5.76. The minimum atomic E-state index is -0.733. The van der Waals surface area contributed by atoms with Crippen LogP contribution in [0.4, 0.5) is 0 Å². The molecule has 1 atom stereocenters. The zero-order valence-corrected chi connectivity index (χ0v) is 6.73. The maximum absolute atomic E-state index is 10.9. The van der Waals surface area contributed by atoms with Crippen molar-refractivity contribution < 1.29 is 9.53 Å². The summed E-state index contributed by atoms with van der Waals surface area (Å²) < 4.78 is 4.47. The zero-order chi connectivity index (χ0) is 8.97. The number of hydrogen-bond acceptors (Lipinski definition) is 4. The van der Waals surface area contributed by atoms with Gasteiger partial charge in [0.2, 0.25) is 0 Å². The first-order chi connectivity index (χ1) is 5.75. The molecule has 64 valence electrons. The van der Waals surface area contributed by atoms with Crippen LogP contribution in [0.2, 0.25) is 0 Å². The molecular formula is C8H10N2O2. The number of rotatable bonds is 2. The molecule has 0 unspecified atom stereocenters. The zero-order valence-electron chi connectivity index (χ0n) is 6.73. The van der Waals surface area contributed by atoms with Gasteiger partial charge in [-0.15, -0.1) is 0 Å². The monoisotopic (exact) mass is 166 g/mol. The summed E-state index contributed by atoms with van der Waals surface area (Å²) in [6.07, 6.45) is 3.16. The topological polar surface area (TPSA) is 65.2 Å². The quantitative estimate of drug-likeness (QED) is 0.640. The van der Waals surface area contributed by atoms with Gasteiger partial charge in [-0.1, -0.05) is 6.07 Å². The average Bonchev–Trinajstić information content (AvgIpc) is 2.17. The van der Waals surface area contributed by atoms with Gasteiger partial charge in [-0.05, 0) is 11.6 Å². The second-order valence-electron chi connectivity index (χ2n) is 2.29. The largest absolute Gasteiger partial charge is 0.468 e. The Morgan fingerprint density at radius 2 is 2.50 bits per heavy atom. The highest BCUT2D eigenvalue weighted by Gasteiger charge is 2.15. The van der Waals surface area contributed by atoms with Gasteiger partial charge in [-0.2, -0.15) is 0 Å². The summed E-state index contributed by atoms with van der Waals surface area (Å²) in [7, 11) is 1.30. The van der Waals surface area contributed by atoms with Gasteiger partial charge in [-0.25, -0.2) is 0 Å². The van der Waals surface area contributed by atoms with Crippen molar-refractivity contribution in [1.29, 1.82) is 0 Å². The van der Waals surface area contributed by atoms with E-state index in [0.29, 0.717) is 5.56 Å². The van der Waals surface area contributed by atoms with Gasteiger partial charge in [0.1, 0.15) is 6.04 Å². The Hall–Kier alpha value is -1.42. The van der Waals surface area contributed by atoms with Crippen molar-refractivity contribution in [3.8, 4) is 0 Å². The number of carbonyl (C=O) groups is 1. The van der Waals surface area contributed by atoms with Crippen LogP contribution in [0.15, 0.2) is 24.5 Å². The summed E-state index contributed by atoms with van der Waals surface area (Å²) in [5, 5.41) is 0. The maximum Gasteiger partial charge on any atom is 0.327 e. The third kappa shape index (κ3) is 1.79. The van der Waals surface area contributed by atoms with Crippen LogP contribution in [-0.4, -0.2) is 18.1 Å². The summed E-state index contributed by atoms with van der Waals surface area (Å²) in [5.41, 5.74) is 6.19. The molecule has 2 N–H and O–H groups in total. The van der Waals surface area contributed by atoms with E-state index < -0.39 is 12.0 Å². The Bertz CT molecular complexity index is 261. The van der Waals surface area contributed by atoms with Crippen LogP contribution in [0, 0.1) is 0 Å². The first-order valence-corrected chi connectivity index (χ1v) is 3.49. The standard InChI is InChI=1S/C8H10N2O2/c1-12-8(11)7(9)6-3-2-4-10-5-6/h2-5,7H,9H2,1H3/t7-/m0/s1. The normalized spacial score (nSPS) is 12.2. The van der Waals surface area contributed by atoms with Crippen LogP contribution >= 0.6 is 0 Å². The Kier molecular flexibility index (Phi) is 2.76. The van der Waals surface area contributed by atoms with Gasteiger partial charge in [0.15, 0.2) is 0 Å². The lowest BCUT2D eigenvalue weighted by Gasteiger charge is -2.07. The minimum Gasteiger partial charge on any atom is -0.468 e. The molecule has 0 bridgehead atoms. The molecule has 12 heavy (non-hydrogen) atoms. The van der Waals surface area contributed by atoms with Crippen molar-refractivity contribution in [3.63, 3.8) is 0 Å². The second-order valence-corrected chi connectivity index (χ2v) is 2.29. The molecule has 0 amide bonds. The third-order valence-electron chi connectivity index (χ3n) is 1.50. The number of nitrogens with two attached hydrogens (primary N) is 1. The van der Waals surface area contributed by atoms with Crippen molar-refractivity contribution in [2.75, 3.05) is 7.11 Å². The highest BCUT2D eigenvalue weighted by atomic mass is 16.5. The Balaban J connectivity index is 2.78. The first kappa shape index (κ1) is 8.67. The van der Waals surface area contributed by atoms with Gasteiger partial charge in [0.25, 0.3) is 0 Å². The van der Waals surface area contributed by atoms with E-state index in [1.54, 1.807) is 24.5 Å². The van der Waals surface area contributed by atoms with Crippen molar-refractivity contribution in [2.24, 2.45) is 5.73 Å². The molecule has 0 aliphatic carbocycles. The fraction of sp³-hybridized carbons (Fsp3) is 0.250. The van der Waals surface area contributed by atoms with Crippen molar-refractivity contribution in [3.05, 3.63) is 30.1 Å². The molecule has 0 fully saturated rings. The molecule has 1 rings (SSSR count). The number of aromatic nitrogens is 1. The van der Waals surface area contributed by atoms with E-state index in [2.05, 4.69) is 9.72 Å². The summed E-state index contributed by atoms with van der Waals surface area (Å²) >= 11 is 0. The van der Waals surface area contributed by atoms with Crippen LogP contribution in [-0.2, 0) is 9.53 Å². The lowest BCUT2D eigenvalue weighted by atomic mass is 10.1. The van der Waals surface area contributed by atoms with Gasteiger partial charge in [-0.3, -0.25) is 9.78 Å². The molecule has 0 aliphatic rings. The summed E-state index contributed by atoms with van der Waals surface area (Å²) in [6, 6.07) is 2.72. The molecule has 0 saturated heterocycles. The fourth-order valence-corrected chi connectivity index (χ4v) is 0.823. The highest BCUT2D eigenvalue weighted by Crippen LogP contribution is 2.08. The molecule has 0 saturated carbocycles. The molecule has 4 nitrogen and oxygen atoms in total. The summed E-state index contributed by atoms with van der Waals surface area (Å²) in [4.78, 5) is 14.8. The SMILES string of the molecule is COC(=O)[C@@H](N)c1cccnc1. The summed E-state index contributed by atoms with van der Waals surface area (Å²) in [6.45, 7) is 0. The van der Waals surface area contributed by atoms with Crippen molar-refractivity contribution in [1.82, 2.24) is 4.98 Å². The number of ether oxygens (including phenoxy) is 1. The van der Waals surface area contributed by atoms with Crippen LogP contribution in [0.5, 0.6) is 0 Å². The molecule has 0 radical (unpaired) electrons. The molecule has 1 aromatic heterocycles. The number of hydrogen-bond donors (Lipinski definition) is 1. The number of carbonyl (C=O) groups excluding carboxylic acids is 1. The smallest absolute Gasteiger partial charge is 0.327 e. The number of methoxy groups -OCH3 is 1. The Morgan fingerprint density at radius 1 is 1.75 bits per heavy atom. The fourth-order valence-electron chi connectivity index (χ4n) is 0.823.